The summed E-state index contributed by atoms with van der Waals surface area (Å²) in [5.41, 5.74) is 3.27. The van der Waals surface area contributed by atoms with E-state index in [-0.39, 0.29) is 17.0 Å². The highest BCUT2D eigenvalue weighted by atomic mass is 16.5. The summed E-state index contributed by atoms with van der Waals surface area (Å²) in [7, 11) is 5.49. The lowest BCUT2D eigenvalue weighted by Gasteiger charge is -2.26. The highest BCUT2D eigenvalue weighted by Crippen LogP contribution is 2.42. The molecule has 1 aliphatic heterocycles. The van der Waals surface area contributed by atoms with E-state index < -0.39 is 17.7 Å². The standard InChI is InChI=1S/C31H40N4O5/c1-7-8-9-18-40-23-14-13-22(19-24(23)39-6)27-25(29(37)31(38)35(27)17-11-15-33(4)5)28(36)26-21(3)34-16-10-12-20(2)30(34)32-26/h10,12-14,16,19,27,36H,7-9,11,15,17-18H2,1-6H3/b28-25+. The molecule has 0 bridgehead atoms. The van der Waals surface area contributed by atoms with E-state index in [9.17, 15) is 14.7 Å². The van der Waals surface area contributed by atoms with Crippen molar-refractivity contribution in [2.45, 2.75) is 52.5 Å². The number of ketones is 1. The average molecular weight is 549 g/mol. The van der Waals surface area contributed by atoms with Gasteiger partial charge in [-0.1, -0.05) is 31.9 Å². The van der Waals surface area contributed by atoms with Gasteiger partial charge < -0.3 is 28.8 Å². The smallest absolute Gasteiger partial charge is 0.295 e. The molecule has 1 N–H and O–H groups in total. The molecule has 40 heavy (non-hydrogen) atoms. The van der Waals surface area contributed by atoms with Crippen LogP contribution in [-0.2, 0) is 9.59 Å². The van der Waals surface area contributed by atoms with Gasteiger partial charge in [0.25, 0.3) is 11.7 Å². The Kier molecular flexibility index (Phi) is 9.14. The number of hydrogen-bond donors (Lipinski definition) is 1. The predicted octanol–water partition coefficient (Wildman–Crippen LogP) is 4.90. The Hall–Kier alpha value is -3.85. The maximum Gasteiger partial charge on any atom is 0.295 e. The van der Waals surface area contributed by atoms with Crippen LogP contribution in [0.2, 0.25) is 0 Å². The minimum absolute atomic E-state index is 0.0256. The lowest BCUT2D eigenvalue weighted by atomic mass is 9.96. The van der Waals surface area contributed by atoms with Crippen molar-refractivity contribution in [3.63, 3.8) is 0 Å². The van der Waals surface area contributed by atoms with E-state index in [1.165, 1.54) is 0 Å². The van der Waals surface area contributed by atoms with Crippen molar-refractivity contribution < 1.29 is 24.2 Å². The molecule has 1 saturated heterocycles. The number of hydrogen-bond acceptors (Lipinski definition) is 7. The Labute approximate surface area is 236 Å². The van der Waals surface area contributed by atoms with Crippen molar-refractivity contribution in [1.29, 1.82) is 0 Å². The minimum atomic E-state index is -0.796. The van der Waals surface area contributed by atoms with Crippen molar-refractivity contribution in [3.05, 3.63) is 64.6 Å². The van der Waals surface area contributed by atoms with Crippen LogP contribution in [0.15, 0.2) is 42.1 Å². The molecule has 1 atom stereocenters. The molecule has 9 heteroatoms. The molecule has 1 fully saturated rings. The summed E-state index contributed by atoms with van der Waals surface area (Å²) in [4.78, 5) is 35.1. The maximum absolute atomic E-state index is 13.5. The normalized spacial score (nSPS) is 16.9. The highest BCUT2D eigenvalue weighted by Gasteiger charge is 2.46. The van der Waals surface area contributed by atoms with Gasteiger partial charge in [-0.3, -0.25) is 9.59 Å². The summed E-state index contributed by atoms with van der Waals surface area (Å²) in [5.74, 6) is -0.537. The van der Waals surface area contributed by atoms with Gasteiger partial charge in [-0.15, -0.1) is 0 Å². The number of aryl methyl sites for hydroxylation is 2. The third-order valence-electron chi connectivity index (χ3n) is 7.36. The second-order valence-corrected chi connectivity index (χ2v) is 10.5. The van der Waals surface area contributed by atoms with Crippen LogP contribution in [0.4, 0.5) is 0 Å². The predicted molar refractivity (Wildman–Crippen MR) is 155 cm³/mol. The molecule has 2 aromatic heterocycles. The van der Waals surface area contributed by atoms with Crippen molar-refractivity contribution in [1.82, 2.24) is 19.2 Å². The number of Topliss-reactive ketones (excluding diaryl/α,β-unsaturated/α-hetero) is 1. The number of pyridine rings is 1. The first-order valence-electron chi connectivity index (χ1n) is 13.9. The zero-order chi connectivity index (χ0) is 29.0. The van der Waals surface area contributed by atoms with E-state index in [4.69, 9.17) is 9.47 Å². The number of likely N-dealkylation sites (tertiary alicyclic amines) is 1. The van der Waals surface area contributed by atoms with E-state index in [2.05, 4.69) is 11.9 Å². The van der Waals surface area contributed by atoms with Gasteiger partial charge in [-0.2, -0.15) is 0 Å². The molecule has 1 aromatic carbocycles. The zero-order valence-electron chi connectivity index (χ0n) is 24.4. The van der Waals surface area contributed by atoms with Crippen molar-refractivity contribution in [2.75, 3.05) is 40.9 Å². The van der Waals surface area contributed by atoms with E-state index in [0.717, 1.165) is 31.4 Å². The number of methoxy groups -OCH3 is 1. The van der Waals surface area contributed by atoms with Crippen LogP contribution in [0.3, 0.4) is 0 Å². The lowest BCUT2D eigenvalue weighted by Crippen LogP contribution is -2.32. The Bertz CT molecular complexity index is 1420. The second kappa shape index (κ2) is 12.6. The number of aliphatic hydroxyl groups is 1. The van der Waals surface area contributed by atoms with Gasteiger partial charge in [-0.25, -0.2) is 4.98 Å². The van der Waals surface area contributed by atoms with E-state index in [1.54, 1.807) is 24.1 Å². The fourth-order valence-electron chi connectivity index (χ4n) is 5.20. The van der Waals surface area contributed by atoms with E-state index in [0.29, 0.717) is 48.0 Å². The number of nitrogens with zero attached hydrogens (tertiary/aromatic N) is 4. The number of carbonyl (C=O) groups excluding carboxylic acids is 2. The number of rotatable bonds is 12. The third kappa shape index (κ3) is 5.70. The molecule has 9 nitrogen and oxygen atoms in total. The highest BCUT2D eigenvalue weighted by molar-refractivity contribution is 6.46. The summed E-state index contributed by atoms with van der Waals surface area (Å²) >= 11 is 0. The molecule has 1 unspecified atom stereocenters. The summed E-state index contributed by atoms with van der Waals surface area (Å²) < 4.78 is 13.5. The number of benzene rings is 1. The largest absolute Gasteiger partial charge is 0.505 e. The molecule has 0 spiro atoms. The van der Waals surface area contributed by atoms with Gasteiger partial charge in [0.2, 0.25) is 0 Å². The van der Waals surface area contributed by atoms with Crippen LogP contribution in [0.5, 0.6) is 11.5 Å². The van der Waals surface area contributed by atoms with Crippen LogP contribution in [0.25, 0.3) is 11.4 Å². The molecule has 4 rings (SSSR count). The van der Waals surface area contributed by atoms with Crippen LogP contribution in [0, 0.1) is 13.8 Å². The fourth-order valence-corrected chi connectivity index (χ4v) is 5.20. The molecule has 1 aliphatic rings. The number of carbonyl (C=O) groups is 2. The molecule has 214 valence electrons. The number of fused-ring (bicyclic) bond motifs is 1. The Morgan fingerprint density at radius 3 is 2.55 bits per heavy atom. The molecular weight excluding hydrogens is 508 g/mol. The Balaban J connectivity index is 1.82. The monoisotopic (exact) mass is 548 g/mol. The molecule has 0 radical (unpaired) electrons. The molecular formula is C31H40N4O5. The van der Waals surface area contributed by atoms with Crippen LogP contribution >= 0.6 is 0 Å². The number of imidazole rings is 1. The number of aliphatic hydroxyl groups excluding tert-OH is 1. The number of aromatic nitrogens is 2. The summed E-state index contributed by atoms with van der Waals surface area (Å²) in [6.45, 7) is 7.58. The number of ether oxygens (including phenoxy) is 2. The van der Waals surface area contributed by atoms with E-state index >= 15 is 0 Å². The van der Waals surface area contributed by atoms with Crippen molar-refractivity contribution >= 4 is 23.1 Å². The molecule has 1 amide bonds. The number of unbranched alkanes of at least 4 members (excludes halogenated alkanes) is 2. The van der Waals surface area contributed by atoms with Gasteiger partial charge in [0.1, 0.15) is 11.3 Å². The lowest BCUT2D eigenvalue weighted by molar-refractivity contribution is -0.139. The molecule has 3 heterocycles. The molecule has 0 saturated carbocycles. The van der Waals surface area contributed by atoms with E-state index in [1.807, 2.05) is 61.6 Å². The van der Waals surface area contributed by atoms with Crippen LogP contribution in [-0.4, -0.2) is 76.9 Å². The summed E-state index contributed by atoms with van der Waals surface area (Å²) in [6.07, 6.45) is 5.63. The first kappa shape index (κ1) is 29.1. The van der Waals surface area contributed by atoms with Crippen LogP contribution < -0.4 is 9.47 Å². The fraction of sp³-hybridized carbons (Fsp3) is 0.452. The van der Waals surface area contributed by atoms with Gasteiger partial charge in [0.15, 0.2) is 17.3 Å². The summed E-state index contributed by atoms with van der Waals surface area (Å²) in [6, 6.07) is 8.48. The third-order valence-corrected chi connectivity index (χ3v) is 7.36. The van der Waals surface area contributed by atoms with Crippen LogP contribution in [0.1, 0.15) is 61.2 Å². The van der Waals surface area contributed by atoms with Crippen molar-refractivity contribution in [3.8, 4) is 11.5 Å². The van der Waals surface area contributed by atoms with Gasteiger partial charge in [0.05, 0.1) is 31.0 Å². The van der Waals surface area contributed by atoms with Gasteiger partial charge in [0, 0.05) is 12.7 Å². The molecule has 0 aliphatic carbocycles. The number of amides is 1. The first-order valence-corrected chi connectivity index (χ1v) is 13.9. The topological polar surface area (TPSA) is 96.6 Å². The minimum Gasteiger partial charge on any atom is -0.505 e. The Morgan fingerprint density at radius 2 is 1.88 bits per heavy atom. The SMILES string of the molecule is CCCCCOc1ccc(C2/C(=C(\O)c3nc4c(C)cccn4c3C)C(=O)C(=O)N2CCCN(C)C)cc1OC. The Morgan fingerprint density at radius 1 is 1.10 bits per heavy atom. The zero-order valence-corrected chi connectivity index (χ0v) is 24.4. The summed E-state index contributed by atoms with van der Waals surface area (Å²) in [5, 5.41) is 11.6. The first-order chi connectivity index (χ1) is 19.2. The molecule has 3 aromatic rings. The second-order valence-electron chi connectivity index (χ2n) is 10.5. The quantitative estimate of drug-likeness (QED) is 0.149. The average Bonchev–Trinajstić information content (AvgIpc) is 3.40. The van der Waals surface area contributed by atoms with Gasteiger partial charge >= 0.3 is 0 Å². The van der Waals surface area contributed by atoms with Crippen molar-refractivity contribution in [2.24, 2.45) is 0 Å². The van der Waals surface area contributed by atoms with Gasteiger partial charge in [-0.05, 0) is 76.7 Å². The maximum atomic E-state index is 13.5.